The van der Waals surface area contributed by atoms with Crippen LogP contribution in [0.4, 0.5) is 10.1 Å². The number of benzene rings is 1. The van der Waals surface area contributed by atoms with Crippen LogP contribution in [0.2, 0.25) is 0 Å². The van der Waals surface area contributed by atoms with Gasteiger partial charge in [0.05, 0.1) is 11.4 Å². The minimum atomic E-state index is -0.416. The molecule has 1 aliphatic rings. The molecule has 0 saturated carbocycles. The lowest BCUT2D eigenvalue weighted by Gasteiger charge is -2.16. The van der Waals surface area contributed by atoms with Gasteiger partial charge in [-0.15, -0.1) is 11.3 Å². The molecule has 0 unspecified atom stereocenters. The van der Waals surface area contributed by atoms with Crippen molar-refractivity contribution >= 4 is 28.8 Å². The number of hydrogen-bond donors (Lipinski definition) is 1. The molecule has 0 radical (unpaired) electrons. The van der Waals surface area contributed by atoms with E-state index in [1.54, 1.807) is 13.1 Å². The molecular formula is C19H21FN2O2S. The topological polar surface area (TPSA) is 49.4 Å². The highest BCUT2D eigenvalue weighted by atomic mass is 32.1. The Morgan fingerprint density at radius 2 is 2.16 bits per heavy atom. The van der Waals surface area contributed by atoms with E-state index in [9.17, 15) is 14.0 Å². The minimum absolute atomic E-state index is 0.0751. The number of hydrogen-bond acceptors (Lipinski definition) is 3. The lowest BCUT2D eigenvalue weighted by Crippen LogP contribution is -2.34. The van der Waals surface area contributed by atoms with E-state index in [0.717, 1.165) is 19.3 Å². The van der Waals surface area contributed by atoms with Crippen LogP contribution in [0, 0.1) is 11.7 Å². The molecule has 1 heterocycles. The molecule has 2 amide bonds. The Kier molecular flexibility index (Phi) is 5.18. The maximum atomic E-state index is 13.2. The van der Waals surface area contributed by atoms with E-state index < -0.39 is 5.82 Å². The number of nitrogens with zero attached hydrogens (tertiary/aromatic N) is 1. The molecule has 2 aromatic rings. The molecule has 0 bridgehead atoms. The van der Waals surface area contributed by atoms with Gasteiger partial charge < -0.3 is 10.2 Å². The zero-order valence-corrected chi connectivity index (χ0v) is 15.2. The third-order valence-corrected chi connectivity index (χ3v) is 5.60. The van der Waals surface area contributed by atoms with Crippen molar-refractivity contribution in [1.82, 2.24) is 4.90 Å². The molecule has 0 spiro atoms. The first-order valence-electron chi connectivity index (χ1n) is 8.35. The van der Waals surface area contributed by atoms with E-state index in [1.165, 1.54) is 44.9 Å². The van der Waals surface area contributed by atoms with E-state index in [-0.39, 0.29) is 18.4 Å². The average molecular weight is 360 g/mol. The molecule has 1 aromatic heterocycles. The molecule has 4 nitrogen and oxygen atoms in total. The van der Waals surface area contributed by atoms with Gasteiger partial charge in [0, 0.05) is 17.6 Å². The summed E-state index contributed by atoms with van der Waals surface area (Å²) in [6.07, 6.45) is 3.20. The number of rotatable bonds is 4. The molecule has 1 aliphatic carbocycles. The van der Waals surface area contributed by atoms with Gasteiger partial charge >= 0.3 is 0 Å². The van der Waals surface area contributed by atoms with Gasteiger partial charge in [0.2, 0.25) is 5.91 Å². The second-order valence-corrected chi connectivity index (χ2v) is 7.76. The summed E-state index contributed by atoms with van der Waals surface area (Å²) in [4.78, 5) is 28.0. The molecule has 0 fully saturated rings. The second-order valence-electron chi connectivity index (χ2n) is 6.63. The average Bonchev–Trinajstić information content (AvgIpc) is 2.96. The first-order valence-corrected chi connectivity index (χ1v) is 9.16. The van der Waals surface area contributed by atoms with Gasteiger partial charge in [0.25, 0.3) is 5.91 Å². The Balaban J connectivity index is 1.62. The molecule has 1 aromatic carbocycles. The van der Waals surface area contributed by atoms with Gasteiger partial charge in [-0.25, -0.2) is 4.39 Å². The molecule has 1 atom stereocenters. The van der Waals surface area contributed by atoms with E-state index in [1.807, 2.05) is 6.07 Å². The molecule has 6 heteroatoms. The van der Waals surface area contributed by atoms with E-state index in [2.05, 4.69) is 12.2 Å². The number of anilines is 1. The number of carbonyl (C=O) groups is 2. The van der Waals surface area contributed by atoms with Crippen LogP contribution < -0.4 is 5.32 Å². The Labute approximate surface area is 150 Å². The van der Waals surface area contributed by atoms with Crippen molar-refractivity contribution in [2.75, 3.05) is 18.9 Å². The zero-order chi connectivity index (χ0) is 18.0. The fraction of sp³-hybridized carbons (Fsp3) is 0.368. The summed E-state index contributed by atoms with van der Waals surface area (Å²) in [6, 6.07) is 7.66. The molecule has 0 saturated heterocycles. The monoisotopic (exact) mass is 360 g/mol. The van der Waals surface area contributed by atoms with Crippen LogP contribution in [-0.2, 0) is 17.6 Å². The largest absolute Gasteiger partial charge is 0.332 e. The summed E-state index contributed by atoms with van der Waals surface area (Å²) < 4.78 is 13.2. The number of carbonyl (C=O) groups excluding carboxylic acids is 2. The fourth-order valence-electron chi connectivity index (χ4n) is 3.05. The maximum absolute atomic E-state index is 13.2. The van der Waals surface area contributed by atoms with Crippen LogP contribution in [0.5, 0.6) is 0 Å². The van der Waals surface area contributed by atoms with Gasteiger partial charge in [0.1, 0.15) is 5.82 Å². The van der Waals surface area contributed by atoms with Crippen molar-refractivity contribution in [1.29, 1.82) is 0 Å². The standard InChI is InChI=1S/C19H21FN2O2S/c1-12-6-7-16-13(8-12)9-17(25-16)19(24)22(2)11-18(23)21-15-5-3-4-14(20)10-15/h3-5,9-10,12H,6-8,11H2,1-2H3,(H,21,23)/t12-/m0/s1. The normalized spacial score (nSPS) is 16.2. The molecule has 3 rings (SSSR count). The van der Waals surface area contributed by atoms with Gasteiger partial charge in [0.15, 0.2) is 0 Å². The van der Waals surface area contributed by atoms with Crippen LogP contribution in [0.1, 0.15) is 33.5 Å². The fourth-order valence-corrected chi connectivity index (χ4v) is 4.26. The van der Waals surface area contributed by atoms with Gasteiger partial charge in [-0.05, 0) is 55.0 Å². The van der Waals surface area contributed by atoms with Crippen LogP contribution in [0.3, 0.4) is 0 Å². The Morgan fingerprint density at radius 3 is 2.92 bits per heavy atom. The zero-order valence-electron chi connectivity index (χ0n) is 14.3. The van der Waals surface area contributed by atoms with Gasteiger partial charge in [-0.3, -0.25) is 9.59 Å². The Morgan fingerprint density at radius 1 is 1.36 bits per heavy atom. The number of amides is 2. The Bertz CT molecular complexity index is 802. The first kappa shape index (κ1) is 17.6. The summed E-state index contributed by atoms with van der Waals surface area (Å²) in [7, 11) is 1.61. The highest BCUT2D eigenvalue weighted by Gasteiger charge is 2.23. The number of aryl methyl sites for hydroxylation is 1. The molecular weight excluding hydrogens is 339 g/mol. The number of fused-ring (bicyclic) bond motifs is 1. The summed E-state index contributed by atoms with van der Waals surface area (Å²) in [5, 5.41) is 2.61. The summed E-state index contributed by atoms with van der Waals surface area (Å²) >= 11 is 1.53. The Hall–Kier alpha value is -2.21. The number of likely N-dealkylation sites (N-methyl/N-ethyl adjacent to an activating group) is 1. The van der Waals surface area contributed by atoms with Crippen molar-refractivity contribution in [2.24, 2.45) is 5.92 Å². The molecule has 25 heavy (non-hydrogen) atoms. The highest BCUT2D eigenvalue weighted by molar-refractivity contribution is 7.14. The predicted molar refractivity (Wildman–Crippen MR) is 97.5 cm³/mol. The van der Waals surface area contributed by atoms with Crippen LogP contribution in [-0.4, -0.2) is 30.3 Å². The quantitative estimate of drug-likeness (QED) is 0.903. The smallest absolute Gasteiger partial charge is 0.264 e. The third-order valence-electron chi connectivity index (χ3n) is 4.38. The molecule has 132 valence electrons. The predicted octanol–water partition coefficient (Wildman–Crippen LogP) is 3.72. The summed E-state index contributed by atoms with van der Waals surface area (Å²) in [5.74, 6) is -0.265. The van der Waals surface area contributed by atoms with Crippen molar-refractivity contribution in [3.05, 3.63) is 51.5 Å². The number of nitrogens with one attached hydrogen (secondary N) is 1. The number of halogens is 1. The van der Waals surface area contributed by atoms with Gasteiger partial charge in [-0.1, -0.05) is 13.0 Å². The lowest BCUT2D eigenvalue weighted by molar-refractivity contribution is -0.116. The molecule has 1 N–H and O–H groups in total. The highest BCUT2D eigenvalue weighted by Crippen LogP contribution is 2.32. The summed E-state index contributed by atoms with van der Waals surface area (Å²) in [6.45, 7) is 2.15. The van der Waals surface area contributed by atoms with Gasteiger partial charge in [-0.2, -0.15) is 0 Å². The van der Waals surface area contributed by atoms with E-state index in [0.29, 0.717) is 16.5 Å². The van der Waals surface area contributed by atoms with Crippen molar-refractivity contribution in [3.8, 4) is 0 Å². The van der Waals surface area contributed by atoms with Crippen molar-refractivity contribution < 1.29 is 14.0 Å². The SMILES string of the molecule is C[C@H]1CCc2sc(C(=O)N(C)CC(=O)Nc3cccc(F)c3)cc2C1. The van der Waals surface area contributed by atoms with Crippen LogP contribution >= 0.6 is 11.3 Å². The van der Waals surface area contributed by atoms with E-state index >= 15 is 0 Å². The summed E-state index contributed by atoms with van der Waals surface area (Å²) in [5.41, 5.74) is 1.65. The minimum Gasteiger partial charge on any atom is -0.332 e. The van der Waals surface area contributed by atoms with Crippen molar-refractivity contribution in [2.45, 2.75) is 26.2 Å². The lowest BCUT2D eigenvalue weighted by atomic mass is 9.90. The maximum Gasteiger partial charge on any atom is 0.264 e. The van der Waals surface area contributed by atoms with E-state index in [4.69, 9.17) is 0 Å². The first-order chi connectivity index (χ1) is 11.9. The molecule has 0 aliphatic heterocycles. The number of thiophene rings is 1. The van der Waals surface area contributed by atoms with Crippen LogP contribution in [0.25, 0.3) is 0 Å². The van der Waals surface area contributed by atoms with Crippen LogP contribution in [0.15, 0.2) is 30.3 Å². The van der Waals surface area contributed by atoms with Crippen molar-refractivity contribution in [3.63, 3.8) is 0 Å². The second kappa shape index (κ2) is 7.35. The third kappa shape index (κ3) is 4.25.